The third-order valence-electron chi connectivity index (χ3n) is 4.31. The monoisotopic (exact) mass is 355 g/mol. The van der Waals surface area contributed by atoms with Crippen molar-refractivity contribution in [2.24, 2.45) is 0 Å². The Bertz CT molecular complexity index is 813. The molecule has 3 heterocycles. The molecule has 0 bridgehead atoms. The maximum absolute atomic E-state index is 12.7. The van der Waals surface area contributed by atoms with Crippen molar-refractivity contribution in [3.8, 4) is 0 Å². The van der Waals surface area contributed by atoms with E-state index in [-0.39, 0.29) is 11.3 Å². The fourth-order valence-electron chi connectivity index (χ4n) is 3.08. The second-order valence-corrected chi connectivity index (χ2v) is 6.40. The summed E-state index contributed by atoms with van der Waals surface area (Å²) >= 11 is 0. The van der Waals surface area contributed by atoms with Gasteiger partial charge in [-0.1, -0.05) is 0 Å². The van der Waals surface area contributed by atoms with Crippen LogP contribution >= 0.6 is 0 Å². The Morgan fingerprint density at radius 3 is 2.62 bits per heavy atom. The first-order chi connectivity index (χ1) is 12.5. The van der Waals surface area contributed by atoms with Gasteiger partial charge in [-0.2, -0.15) is 0 Å². The fraction of sp³-hybridized carbons (Fsp3) is 0.316. The molecule has 0 aromatic carbocycles. The highest BCUT2D eigenvalue weighted by Crippen LogP contribution is 2.39. The van der Waals surface area contributed by atoms with Gasteiger partial charge in [0.15, 0.2) is 0 Å². The van der Waals surface area contributed by atoms with E-state index in [1.807, 2.05) is 19.0 Å². The lowest BCUT2D eigenvalue weighted by atomic mass is 10.00. The summed E-state index contributed by atoms with van der Waals surface area (Å²) in [6, 6.07) is 5.85. The molecule has 0 radical (unpaired) electrons. The number of furan rings is 1. The molecule has 1 fully saturated rings. The number of amides is 1. The lowest BCUT2D eigenvalue weighted by Gasteiger charge is -2.23. The van der Waals surface area contributed by atoms with Crippen molar-refractivity contribution in [3.63, 3.8) is 0 Å². The lowest BCUT2D eigenvalue weighted by molar-refractivity contribution is -0.140. The van der Waals surface area contributed by atoms with E-state index in [1.165, 1.54) is 23.6 Å². The van der Waals surface area contributed by atoms with E-state index in [2.05, 4.69) is 4.98 Å². The average Bonchev–Trinajstić information content (AvgIpc) is 3.24. The van der Waals surface area contributed by atoms with E-state index >= 15 is 0 Å². The van der Waals surface area contributed by atoms with Crippen molar-refractivity contribution in [2.45, 2.75) is 12.5 Å². The molecule has 1 atom stereocenters. The van der Waals surface area contributed by atoms with Gasteiger partial charge in [0.2, 0.25) is 0 Å². The van der Waals surface area contributed by atoms with Gasteiger partial charge in [-0.05, 0) is 51.3 Å². The molecule has 7 heteroatoms. The van der Waals surface area contributed by atoms with Crippen molar-refractivity contribution in [2.75, 3.05) is 27.2 Å². The normalized spacial score (nSPS) is 19.5. The van der Waals surface area contributed by atoms with Gasteiger partial charge in [-0.15, -0.1) is 0 Å². The van der Waals surface area contributed by atoms with Gasteiger partial charge in [0.1, 0.15) is 17.6 Å². The largest absolute Gasteiger partial charge is 0.507 e. The first-order valence-electron chi connectivity index (χ1n) is 8.37. The molecule has 1 aliphatic heterocycles. The van der Waals surface area contributed by atoms with Crippen molar-refractivity contribution < 1.29 is 19.1 Å². The number of aromatic nitrogens is 1. The first-order valence-corrected chi connectivity index (χ1v) is 8.37. The van der Waals surface area contributed by atoms with Crippen LogP contribution in [-0.4, -0.2) is 58.8 Å². The van der Waals surface area contributed by atoms with Gasteiger partial charge in [-0.3, -0.25) is 14.6 Å². The molecule has 0 spiro atoms. The van der Waals surface area contributed by atoms with Gasteiger partial charge in [0.25, 0.3) is 11.7 Å². The Morgan fingerprint density at radius 1 is 1.27 bits per heavy atom. The predicted octanol–water partition coefficient (Wildman–Crippen LogP) is 2.05. The second-order valence-electron chi connectivity index (χ2n) is 6.40. The standard InChI is InChI=1S/C19H21N3O4/c1-21(2)10-4-11-22-16(14-5-3-12-26-14)15(18(24)19(22)25)17(23)13-6-8-20-9-7-13/h3,5-9,12,16,23H,4,10-11H2,1-2H3/t16-/m0/s1. The Kier molecular flexibility index (Phi) is 5.18. The summed E-state index contributed by atoms with van der Waals surface area (Å²) in [5, 5.41) is 10.7. The van der Waals surface area contributed by atoms with Crippen LogP contribution in [0.2, 0.25) is 0 Å². The predicted molar refractivity (Wildman–Crippen MR) is 95.1 cm³/mol. The molecule has 0 saturated carbocycles. The minimum Gasteiger partial charge on any atom is -0.507 e. The average molecular weight is 355 g/mol. The zero-order valence-electron chi connectivity index (χ0n) is 14.8. The number of hydrogen-bond donors (Lipinski definition) is 1. The van der Waals surface area contributed by atoms with Gasteiger partial charge in [-0.25, -0.2) is 0 Å². The summed E-state index contributed by atoms with van der Waals surface area (Å²) < 4.78 is 5.47. The Hall–Kier alpha value is -2.93. The molecular weight excluding hydrogens is 334 g/mol. The highest BCUT2D eigenvalue weighted by Gasteiger charge is 2.47. The molecule has 7 nitrogen and oxygen atoms in total. The summed E-state index contributed by atoms with van der Waals surface area (Å²) in [4.78, 5) is 32.6. The topological polar surface area (TPSA) is 86.9 Å². The maximum Gasteiger partial charge on any atom is 0.295 e. The van der Waals surface area contributed by atoms with Crippen LogP contribution in [0.4, 0.5) is 0 Å². The zero-order chi connectivity index (χ0) is 18.7. The number of likely N-dealkylation sites (tertiary alicyclic amines) is 1. The maximum atomic E-state index is 12.7. The molecule has 1 aliphatic rings. The number of rotatable bonds is 6. The van der Waals surface area contributed by atoms with Gasteiger partial charge < -0.3 is 19.3 Å². The van der Waals surface area contributed by atoms with Crippen LogP contribution in [0.15, 0.2) is 52.9 Å². The number of hydrogen-bond acceptors (Lipinski definition) is 6. The molecule has 1 amide bonds. The van der Waals surface area contributed by atoms with E-state index in [0.29, 0.717) is 24.3 Å². The summed E-state index contributed by atoms with van der Waals surface area (Å²) in [6.45, 7) is 1.17. The van der Waals surface area contributed by atoms with Gasteiger partial charge >= 0.3 is 0 Å². The molecule has 136 valence electrons. The minimum atomic E-state index is -0.736. The molecule has 2 aromatic heterocycles. The number of carbonyl (C=O) groups excluding carboxylic acids is 2. The van der Waals surface area contributed by atoms with E-state index in [1.54, 1.807) is 24.3 Å². The number of aliphatic hydroxyl groups excluding tert-OH is 1. The molecule has 3 rings (SSSR count). The number of Topliss-reactive ketones (excluding diaryl/α,β-unsaturated/α-hetero) is 1. The van der Waals surface area contributed by atoms with Crippen LogP contribution in [-0.2, 0) is 9.59 Å². The van der Waals surface area contributed by atoms with Crippen molar-refractivity contribution in [1.29, 1.82) is 0 Å². The van der Waals surface area contributed by atoms with Crippen LogP contribution in [0.25, 0.3) is 5.76 Å². The smallest absolute Gasteiger partial charge is 0.295 e. The summed E-state index contributed by atoms with van der Waals surface area (Å²) in [6.07, 6.45) is 5.22. The minimum absolute atomic E-state index is 0.0426. The summed E-state index contributed by atoms with van der Waals surface area (Å²) in [7, 11) is 3.89. The van der Waals surface area contributed by atoms with Crippen LogP contribution < -0.4 is 0 Å². The third kappa shape index (κ3) is 3.39. The molecule has 0 unspecified atom stereocenters. The number of ketones is 1. The number of pyridine rings is 1. The molecule has 1 N–H and O–H groups in total. The first kappa shape index (κ1) is 17.9. The Balaban J connectivity index is 2.02. The Labute approximate surface area is 151 Å². The number of nitrogens with zero attached hydrogens (tertiary/aromatic N) is 3. The van der Waals surface area contributed by atoms with Crippen molar-refractivity contribution >= 4 is 17.4 Å². The van der Waals surface area contributed by atoms with Crippen molar-refractivity contribution in [3.05, 3.63) is 59.8 Å². The molecule has 2 aromatic rings. The fourth-order valence-corrected chi connectivity index (χ4v) is 3.08. The zero-order valence-corrected chi connectivity index (χ0v) is 14.8. The Morgan fingerprint density at radius 2 is 2.00 bits per heavy atom. The highest BCUT2D eigenvalue weighted by atomic mass is 16.3. The van der Waals surface area contributed by atoms with Gasteiger partial charge in [0.05, 0.1) is 11.8 Å². The van der Waals surface area contributed by atoms with Crippen LogP contribution in [0.5, 0.6) is 0 Å². The van der Waals surface area contributed by atoms with Crippen LogP contribution in [0, 0.1) is 0 Å². The molecule has 0 aliphatic carbocycles. The highest BCUT2D eigenvalue weighted by molar-refractivity contribution is 6.46. The molecule has 26 heavy (non-hydrogen) atoms. The summed E-state index contributed by atoms with van der Waals surface area (Å²) in [5.74, 6) is -1.10. The number of aliphatic hydroxyl groups is 1. The lowest BCUT2D eigenvalue weighted by Crippen LogP contribution is -2.32. The SMILES string of the molecule is CN(C)CCCN1C(=O)C(=O)C(=C(O)c2ccncc2)[C@@H]1c1ccco1. The molecule has 1 saturated heterocycles. The molecular formula is C19H21N3O4. The summed E-state index contributed by atoms with van der Waals surface area (Å²) in [5.41, 5.74) is 0.476. The van der Waals surface area contributed by atoms with E-state index in [0.717, 1.165) is 6.54 Å². The van der Waals surface area contributed by atoms with Crippen LogP contribution in [0.3, 0.4) is 0 Å². The van der Waals surface area contributed by atoms with Crippen molar-refractivity contribution in [1.82, 2.24) is 14.8 Å². The van der Waals surface area contributed by atoms with Crippen LogP contribution in [0.1, 0.15) is 23.8 Å². The van der Waals surface area contributed by atoms with E-state index in [9.17, 15) is 14.7 Å². The van der Waals surface area contributed by atoms with Gasteiger partial charge in [0, 0.05) is 24.5 Å². The quantitative estimate of drug-likeness (QED) is 0.485. The van der Waals surface area contributed by atoms with E-state index < -0.39 is 17.7 Å². The second kappa shape index (κ2) is 7.53. The van der Waals surface area contributed by atoms with E-state index in [4.69, 9.17) is 4.42 Å². The number of carbonyl (C=O) groups is 2. The third-order valence-corrected chi connectivity index (χ3v) is 4.31.